The molecule has 2 saturated heterocycles. The molecule has 0 unspecified atom stereocenters. The molecule has 1 N–H and O–H groups in total. The molecule has 39 heavy (non-hydrogen) atoms. The molecular weight excluding hydrogens is 488 g/mol. The van der Waals surface area contributed by atoms with E-state index in [2.05, 4.69) is 37.3 Å². The topological polar surface area (TPSA) is 83.5 Å². The minimum absolute atomic E-state index is 0.0443. The number of rotatable bonds is 5. The van der Waals surface area contributed by atoms with Gasteiger partial charge in [0.25, 0.3) is 0 Å². The number of benzene rings is 2. The van der Waals surface area contributed by atoms with Crippen LogP contribution < -0.4 is 15.0 Å². The molecule has 2 aliphatic rings. The second kappa shape index (κ2) is 12.6. The molecular formula is C31H36N6O2. The maximum atomic E-state index is 12.9. The van der Waals surface area contributed by atoms with E-state index in [0.29, 0.717) is 24.6 Å². The minimum Gasteiger partial charge on any atom is -0.456 e. The van der Waals surface area contributed by atoms with Gasteiger partial charge in [-0.1, -0.05) is 13.8 Å². The largest absolute Gasteiger partial charge is 0.456 e. The average Bonchev–Trinajstić information content (AvgIpc) is 3.54. The molecule has 2 fully saturated rings. The van der Waals surface area contributed by atoms with Gasteiger partial charge in [0.1, 0.15) is 17.8 Å². The first kappa shape index (κ1) is 26.4. The SMILES string of the molecule is CC.O=C(Nc1ccc(N2CCCC2)cc1)N1CCC(c2ncnc3cc(Oc4cccnc4)ccc23)CC1. The highest BCUT2D eigenvalue weighted by Crippen LogP contribution is 2.33. The fourth-order valence-corrected chi connectivity index (χ4v) is 5.28. The van der Waals surface area contributed by atoms with Gasteiger partial charge in [0.15, 0.2) is 0 Å². The number of hydrogen-bond acceptors (Lipinski definition) is 6. The number of nitrogens with one attached hydrogen (secondary N) is 1. The van der Waals surface area contributed by atoms with E-state index in [1.165, 1.54) is 18.5 Å². The van der Waals surface area contributed by atoms with Crippen molar-refractivity contribution in [3.8, 4) is 11.5 Å². The van der Waals surface area contributed by atoms with Crippen LogP contribution in [0.5, 0.6) is 11.5 Å². The van der Waals surface area contributed by atoms with Crippen LogP contribution in [-0.4, -0.2) is 52.1 Å². The highest BCUT2D eigenvalue weighted by molar-refractivity contribution is 5.89. The van der Waals surface area contributed by atoms with Gasteiger partial charge >= 0.3 is 6.03 Å². The van der Waals surface area contributed by atoms with Crippen molar-refractivity contribution in [1.29, 1.82) is 0 Å². The van der Waals surface area contributed by atoms with Crippen molar-refractivity contribution < 1.29 is 9.53 Å². The lowest BCUT2D eigenvalue weighted by Crippen LogP contribution is -2.40. The summed E-state index contributed by atoms with van der Waals surface area (Å²) in [5.74, 6) is 1.67. The monoisotopic (exact) mass is 524 g/mol. The third kappa shape index (κ3) is 6.28. The Morgan fingerprint density at radius 2 is 1.69 bits per heavy atom. The Kier molecular flexibility index (Phi) is 8.51. The van der Waals surface area contributed by atoms with Gasteiger partial charge in [-0.15, -0.1) is 0 Å². The van der Waals surface area contributed by atoms with Gasteiger partial charge in [0, 0.05) is 61.1 Å². The zero-order valence-corrected chi connectivity index (χ0v) is 22.7. The Bertz CT molecular complexity index is 1370. The quantitative estimate of drug-likeness (QED) is 0.307. The van der Waals surface area contributed by atoms with Crippen LogP contribution in [0.25, 0.3) is 10.9 Å². The van der Waals surface area contributed by atoms with Crippen LogP contribution in [0.3, 0.4) is 0 Å². The predicted molar refractivity (Wildman–Crippen MR) is 156 cm³/mol. The Labute approximate surface area is 230 Å². The number of hydrogen-bond donors (Lipinski definition) is 1. The Balaban J connectivity index is 0.00000151. The van der Waals surface area contributed by atoms with Crippen LogP contribution in [-0.2, 0) is 0 Å². The molecule has 6 rings (SSSR count). The molecule has 2 aromatic heterocycles. The van der Waals surface area contributed by atoms with E-state index in [-0.39, 0.29) is 11.9 Å². The van der Waals surface area contributed by atoms with E-state index in [4.69, 9.17) is 4.74 Å². The number of nitrogens with zero attached hydrogens (tertiary/aromatic N) is 5. The number of amides is 2. The van der Waals surface area contributed by atoms with Crippen LogP contribution in [0, 0.1) is 0 Å². The van der Waals surface area contributed by atoms with E-state index in [1.807, 2.05) is 61.2 Å². The van der Waals surface area contributed by atoms with Crippen LogP contribution in [0.2, 0.25) is 0 Å². The molecule has 0 spiro atoms. The molecule has 0 radical (unpaired) electrons. The number of ether oxygens (including phenoxy) is 1. The maximum absolute atomic E-state index is 12.9. The number of fused-ring (bicyclic) bond motifs is 1. The van der Waals surface area contributed by atoms with Gasteiger partial charge in [-0.3, -0.25) is 4.98 Å². The summed E-state index contributed by atoms with van der Waals surface area (Å²) in [6.07, 6.45) is 9.25. The van der Waals surface area contributed by atoms with E-state index < -0.39 is 0 Å². The van der Waals surface area contributed by atoms with Crippen molar-refractivity contribution in [3.63, 3.8) is 0 Å². The molecule has 2 aliphatic heterocycles. The molecule has 2 aromatic carbocycles. The molecule has 202 valence electrons. The summed E-state index contributed by atoms with van der Waals surface area (Å²) < 4.78 is 5.92. The summed E-state index contributed by atoms with van der Waals surface area (Å²) in [5, 5.41) is 4.09. The summed E-state index contributed by atoms with van der Waals surface area (Å²) >= 11 is 0. The number of pyridine rings is 1. The Morgan fingerprint density at radius 3 is 2.41 bits per heavy atom. The number of anilines is 2. The van der Waals surface area contributed by atoms with E-state index in [0.717, 1.165) is 48.2 Å². The van der Waals surface area contributed by atoms with Crippen LogP contribution in [0.4, 0.5) is 16.2 Å². The van der Waals surface area contributed by atoms with Gasteiger partial charge in [-0.25, -0.2) is 14.8 Å². The third-order valence-corrected chi connectivity index (χ3v) is 7.27. The Morgan fingerprint density at radius 1 is 0.923 bits per heavy atom. The molecule has 0 atom stereocenters. The molecule has 4 heterocycles. The summed E-state index contributed by atoms with van der Waals surface area (Å²) in [7, 11) is 0. The molecule has 0 bridgehead atoms. The van der Waals surface area contributed by atoms with Crippen molar-refractivity contribution >= 4 is 28.3 Å². The lowest BCUT2D eigenvalue weighted by molar-refractivity contribution is 0.194. The molecule has 8 heteroatoms. The molecule has 4 aromatic rings. The number of aromatic nitrogens is 3. The number of carbonyl (C=O) groups excluding carboxylic acids is 1. The number of urea groups is 1. The Hall–Kier alpha value is -4.20. The van der Waals surface area contributed by atoms with Crippen molar-refractivity contribution in [2.75, 3.05) is 36.4 Å². The first-order valence-electron chi connectivity index (χ1n) is 14.0. The highest BCUT2D eigenvalue weighted by Gasteiger charge is 2.26. The highest BCUT2D eigenvalue weighted by atomic mass is 16.5. The fourth-order valence-electron chi connectivity index (χ4n) is 5.28. The standard InChI is InChI=1S/C29H30N6O2.C2H6/c36-29(33-22-5-7-23(8-6-22)34-14-1-2-15-34)35-16-11-21(12-17-35)28-26-10-9-24(18-27(26)31-20-32-28)37-25-4-3-13-30-19-25;1-2/h3-10,13,18-21H,1-2,11-12,14-17H2,(H,33,36);1-2H3. The van der Waals surface area contributed by atoms with Crippen molar-refractivity contribution in [3.05, 3.63) is 79.0 Å². The number of carbonyl (C=O) groups is 1. The van der Waals surface area contributed by atoms with Crippen molar-refractivity contribution in [2.45, 2.75) is 45.4 Å². The number of likely N-dealkylation sites (tertiary alicyclic amines) is 1. The predicted octanol–water partition coefficient (Wildman–Crippen LogP) is 6.86. The summed E-state index contributed by atoms with van der Waals surface area (Å²) in [5.41, 5.74) is 3.95. The van der Waals surface area contributed by atoms with E-state index >= 15 is 0 Å². The average molecular weight is 525 g/mol. The lowest BCUT2D eigenvalue weighted by Gasteiger charge is -2.32. The first-order chi connectivity index (χ1) is 19.2. The fraction of sp³-hybridized carbons (Fsp3) is 0.355. The smallest absolute Gasteiger partial charge is 0.321 e. The van der Waals surface area contributed by atoms with Crippen LogP contribution in [0.1, 0.15) is 51.1 Å². The zero-order valence-electron chi connectivity index (χ0n) is 22.7. The second-order valence-corrected chi connectivity index (χ2v) is 9.66. The van der Waals surface area contributed by atoms with Crippen molar-refractivity contribution in [1.82, 2.24) is 19.9 Å². The summed E-state index contributed by atoms with van der Waals surface area (Å²) in [6, 6.07) is 17.8. The van der Waals surface area contributed by atoms with Crippen LogP contribution in [0.15, 0.2) is 73.3 Å². The third-order valence-electron chi connectivity index (χ3n) is 7.27. The zero-order chi connectivity index (χ0) is 27.0. The number of piperidine rings is 1. The van der Waals surface area contributed by atoms with Crippen LogP contribution >= 0.6 is 0 Å². The van der Waals surface area contributed by atoms with E-state index in [1.54, 1.807) is 18.7 Å². The van der Waals surface area contributed by atoms with Gasteiger partial charge in [-0.2, -0.15) is 0 Å². The maximum Gasteiger partial charge on any atom is 0.321 e. The van der Waals surface area contributed by atoms with Gasteiger partial charge in [0.05, 0.1) is 17.4 Å². The molecule has 0 aliphatic carbocycles. The van der Waals surface area contributed by atoms with Gasteiger partial charge in [-0.05, 0) is 74.2 Å². The minimum atomic E-state index is -0.0443. The summed E-state index contributed by atoms with van der Waals surface area (Å²) in [6.45, 7) is 7.61. The molecule has 2 amide bonds. The molecule has 0 saturated carbocycles. The second-order valence-electron chi connectivity index (χ2n) is 9.66. The van der Waals surface area contributed by atoms with Gasteiger partial charge in [0.2, 0.25) is 0 Å². The van der Waals surface area contributed by atoms with E-state index in [9.17, 15) is 4.79 Å². The normalized spacial score (nSPS) is 15.5. The lowest BCUT2D eigenvalue weighted by atomic mass is 9.91. The summed E-state index contributed by atoms with van der Waals surface area (Å²) in [4.78, 5) is 30.4. The van der Waals surface area contributed by atoms with Crippen molar-refractivity contribution in [2.24, 2.45) is 0 Å². The first-order valence-corrected chi connectivity index (χ1v) is 14.0. The van der Waals surface area contributed by atoms with Gasteiger partial charge < -0.3 is 19.9 Å². The molecule has 8 nitrogen and oxygen atoms in total.